The molecular weight excluding hydrogens is 226 g/mol. The van der Waals surface area contributed by atoms with E-state index in [4.69, 9.17) is 10.5 Å². The topological polar surface area (TPSA) is 62.3 Å². The molecule has 4 heteroatoms. The first-order chi connectivity index (χ1) is 8.66. The predicted molar refractivity (Wildman–Crippen MR) is 71.9 cm³/mol. The lowest BCUT2D eigenvalue weighted by Gasteiger charge is -2.29. The van der Waals surface area contributed by atoms with Gasteiger partial charge in [-0.1, -0.05) is 37.3 Å². The molecule has 1 unspecified atom stereocenters. The largest absolute Gasteiger partial charge is 0.383 e. The number of nitrogens with zero attached hydrogens (tertiary/aromatic N) is 2. The predicted octanol–water partition coefficient (Wildman–Crippen LogP) is 1.33. The summed E-state index contributed by atoms with van der Waals surface area (Å²) >= 11 is 0. The molecule has 1 aromatic carbocycles. The van der Waals surface area contributed by atoms with Crippen molar-refractivity contribution < 1.29 is 4.74 Å². The molecule has 1 atom stereocenters. The average molecular weight is 247 g/mol. The second kappa shape index (κ2) is 7.12. The third-order valence-corrected chi connectivity index (χ3v) is 3.02. The van der Waals surface area contributed by atoms with Crippen LogP contribution < -0.4 is 5.73 Å². The molecule has 0 radical (unpaired) electrons. The SMILES string of the molecule is CCN(CCOC)CC(N)(C#N)c1ccccc1. The molecule has 1 aromatic rings. The van der Waals surface area contributed by atoms with E-state index >= 15 is 0 Å². The number of rotatable bonds is 7. The Morgan fingerprint density at radius 2 is 2.06 bits per heavy atom. The average Bonchev–Trinajstić information content (AvgIpc) is 2.44. The first kappa shape index (κ1) is 14.7. The van der Waals surface area contributed by atoms with E-state index in [9.17, 15) is 5.26 Å². The minimum Gasteiger partial charge on any atom is -0.383 e. The number of likely N-dealkylation sites (N-methyl/N-ethyl adjacent to an activating group) is 1. The minimum absolute atomic E-state index is 0.507. The molecule has 18 heavy (non-hydrogen) atoms. The fourth-order valence-electron chi connectivity index (χ4n) is 1.85. The van der Waals surface area contributed by atoms with Gasteiger partial charge < -0.3 is 10.5 Å². The van der Waals surface area contributed by atoms with Gasteiger partial charge in [-0.25, -0.2) is 0 Å². The Morgan fingerprint density at radius 3 is 2.56 bits per heavy atom. The fraction of sp³-hybridized carbons (Fsp3) is 0.500. The van der Waals surface area contributed by atoms with E-state index in [-0.39, 0.29) is 0 Å². The van der Waals surface area contributed by atoms with Crippen LogP contribution in [0.3, 0.4) is 0 Å². The number of ether oxygens (including phenoxy) is 1. The zero-order valence-electron chi connectivity index (χ0n) is 11.1. The molecule has 98 valence electrons. The van der Waals surface area contributed by atoms with Crippen LogP contribution in [-0.2, 0) is 10.3 Å². The van der Waals surface area contributed by atoms with Gasteiger partial charge in [0.2, 0.25) is 0 Å². The van der Waals surface area contributed by atoms with Crippen molar-refractivity contribution in [2.45, 2.75) is 12.5 Å². The van der Waals surface area contributed by atoms with Crippen molar-refractivity contribution in [1.29, 1.82) is 5.26 Å². The molecule has 2 N–H and O–H groups in total. The van der Waals surface area contributed by atoms with E-state index in [2.05, 4.69) is 17.9 Å². The summed E-state index contributed by atoms with van der Waals surface area (Å²) in [5, 5.41) is 9.38. The summed E-state index contributed by atoms with van der Waals surface area (Å²) < 4.78 is 5.06. The van der Waals surface area contributed by atoms with E-state index in [1.165, 1.54) is 0 Å². The molecule has 0 spiro atoms. The molecule has 0 aliphatic carbocycles. The van der Waals surface area contributed by atoms with Crippen molar-refractivity contribution in [3.8, 4) is 6.07 Å². The van der Waals surface area contributed by atoms with Crippen LogP contribution in [0.15, 0.2) is 30.3 Å². The molecule has 0 aliphatic rings. The second-order valence-electron chi connectivity index (χ2n) is 4.31. The highest BCUT2D eigenvalue weighted by Gasteiger charge is 2.29. The van der Waals surface area contributed by atoms with E-state index in [1.807, 2.05) is 30.3 Å². The number of methoxy groups -OCH3 is 1. The minimum atomic E-state index is -0.967. The Labute approximate surface area is 109 Å². The summed E-state index contributed by atoms with van der Waals surface area (Å²) in [6.45, 7) is 4.83. The zero-order chi connectivity index (χ0) is 13.4. The van der Waals surface area contributed by atoms with Crippen LogP contribution in [0.2, 0.25) is 0 Å². The maximum absolute atomic E-state index is 9.38. The maximum Gasteiger partial charge on any atom is 0.142 e. The summed E-state index contributed by atoms with van der Waals surface area (Å²) in [5.74, 6) is 0. The van der Waals surface area contributed by atoms with Crippen LogP contribution in [-0.4, -0.2) is 38.3 Å². The molecule has 0 saturated carbocycles. The van der Waals surface area contributed by atoms with Crippen molar-refractivity contribution in [3.05, 3.63) is 35.9 Å². The highest BCUT2D eigenvalue weighted by atomic mass is 16.5. The van der Waals surface area contributed by atoms with Gasteiger partial charge in [0, 0.05) is 20.2 Å². The Bertz CT molecular complexity index is 388. The monoisotopic (exact) mass is 247 g/mol. The summed E-state index contributed by atoms with van der Waals surface area (Å²) in [7, 11) is 1.67. The Balaban J connectivity index is 2.79. The molecule has 1 rings (SSSR count). The van der Waals surface area contributed by atoms with Gasteiger partial charge in [0.15, 0.2) is 0 Å². The highest BCUT2D eigenvalue weighted by Crippen LogP contribution is 2.18. The number of nitriles is 1. The van der Waals surface area contributed by atoms with Gasteiger partial charge in [0.25, 0.3) is 0 Å². The number of hydrogen-bond donors (Lipinski definition) is 1. The van der Waals surface area contributed by atoms with Gasteiger partial charge in [0.05, 0.1) is 12.7 Å². The number of hydrogen-bond acceptors (Lipinski definition) is 4. The van der Waals surface area contributed by atoms with Crippen molar-refractivity contribution in [2.24, 2.45) is 5.73 Å². The van der Waals surface area contributed by atoms with Crippen molar-refractivity contribution in [2.75, 3.05) is 33.4 Å². The van der Waals surface area contributed by atoms with E-state index in [1.54, 1.807) is 7.11 Å². The first-order valence-electron chi connectivity index (χ1n) is 6.13. The number of nitrogens with two attached hydrogens (primary N) is 1. The lowest BCUT2D eigenvalue weighted by atomic mass is 9.92. The fourth-order valence-corrected chi connectivity index (χ4v) is 1.85. The number of benzene rings is 1. The van der Waals surface area contributed by atoms with E-state index in [0.717, 1.165) is 18.7 Å². The maximum atomic E-state index is 9.38. The molecule has 0 fully saturated rings. The van der Waals surface area contributed by atoms with Gasteiger partial charge >= 0.3 is 0 Å². The normalized spacial score (nSPS) is 14.2. The standard InChI is InChI=1S/C14H21N3O/c1-3-17(9-10-18-2)12-14(16,11-15)13-7-5-4-6-8-13/h4-8H,3,9-10,12,16H2,1-2H3. The smallest absolute Gasteiger partial charge is 0.142 e. The summed E-state index contributed by atoms with van der Waals surface area (Å²) in [5.41, 5.74) is 6.11. The second-order valence-corrected chi connectivity index (χ2v) is 4.31. The zero-order valence-corrected chi connectivity index (χ0v) is 11.1. The highest BCUT2D eigenvalue weighted by molar-refractivity contribution is 5.31. The third kappa shape index (κ3) is 3.81. The lowest BCUT2D eigenvalue weighted by Crippen LogP contribution is -2.47. The lowest BCUT2D eigenvalue weighted by molar-refractivity contribution is 0.141. The molecule has 0 aromatic heterocycles. The molecule has 0 saturated heterocycles. The third-order valence-electron chi connectivity index (χ3n) is 3.02. The van der Waals surface area contributed by atoms with E-state index in [0.29, 0.717) is 13.2 Å². The van der Waals surface area contributed by atoms with E-state index < -0.39 is 5.54 Å². The first-order valence-corrected chi connectivity index (χ1v) is 6.13. The van der Waals surface area contributed by atoms with Crippen LogP contribution in [0, 0.1) is 11.3 Å². The Hall–Kier alpha value is -1.41. The van der Waals surface area contributed by atoms with Crippen molar-refractivity contribution in [1.82, 2.24) is 4.90 Å². The van der Waals surface area contributed by atoms with Crippen LogP contribution >= 0.6 is 0 Å². The summed E-state index contributed by atoms with van der Waals surface area (Å²) in [4.78, 5) is 2.12. The van der Waals surface area contributed by atoms with Gasteiger partial charge in [-0.3, -0.25) is 4.90 Å². The van der Waals surface area contributed by atoms with Crippen molar-refractivity contribution in [3.63, 3.8) is 0 Å². The molecule has 4 nitrogen and oxygen atoms in total. The van der Waals surface area contributed by atoms with Crippen LogP contribution in [0.5, 0.6) is 0 Å². The van der Waals surface area contributed by atoms with Gasteiger partial charge in [-0.05, 0) is 12.1 Å². The molecule has 0 heterocycles. The van der Waals surface area contributed by atoms with Crippen LogP contribution in [0.4, 0.5) is 0 Å². The molecule has 0 aliphatic heterocycles. The molecular formula is C14H21N3O. The Morgan fingerprint density at radius 1 is 1.39 bits per heavy atom. The molecule has 0 bridgehead atoms. The van der Waals surface area contributed by atoms with Gasteiger partial charge in [-0.15, -0.1) is 0 Å². The van der Waals surface area contributed by atoms with Gasteiger partial charge in [-0.2, -0.15) is 5.26 Å². The van der Waals surface area contributed by atoms with Crippen LogP contribution in [0.25, 0.3) is 0 Å². The Kier molecular flexibility index (Phi) is 5.79. The quantitative estimate of drug-likeness (QED) is 0.789. The summed E-state index contributed by atoms with van der Waals surface area (Å²) in [6, 6.07) is 11.7. The van der Waals surface area contributed by atoms with Crippen LogP contribution in [0.1, 0.15) is 12.5 Å². The summed E-state index contributed by atoms with van der Waals surface area (Å²) in [6.07, 6.45) is 0. The van der Waals surface area contributed by atoms with Crippen molar-refractivity contribution >= 4 is 0 Å². The molecule has 0 amide bonds. The van der Waals surface area contributed by atoms with Gasteiger partial charge in [0.1, 0.15) is 5.54 Å².